The summed E-state index contributed by atoms with van der Waals surface area (Å²) in [5.41, 5.74) is 1.04. The first kappa shape index (κ1) is 14.9. The lowest BCUT2D eigenvalue weighted by molar-refractivity contribution is 0.508. The van der Waals surface area contributed by atoms with Crippen LogP contribution in [0.4, 0.5) is 0 Å². The molecule has 0 aliphatic heterocycles. The van der Waals surface area contributed by atoms with E-state index < -0.39 is 10.0 Å². The normalized spacial score (nSPS) is 13.6. The standard InChI is InChI=1S/C14H21NO2S/c1-5-13(10-11(2)3)15-18(16,17)14-8-6-12(4)7-9-14/h5-9,11,13,15H,1,10H2,2-4H3/t13-/m0/s1. The Bertz CT molecular complexity index is 489. The largest absolute Gasteiger partial charge is 0.241 e. The lowest BCUT2D eigenvalue weighted by Crippen LogP contribution is -2.34. The molecular weight excluding hydrogens is 246 g/mol. The van der Waals surface area contributed by atoms with Gasteiger partial charge in [-0.3, -0.25) is 0 Å². The summed E-state index contributed by atoms with van der Waals surface area (Å²) in [7, 11) is -3.46. The Kier molecular flexibility index (Phi) is 5.11. The molecule has 100 valence electrons. The van der Waals surface area contributed by atoms with E-state index in [0.717, 1.165) is 12.0 Å². The highest BCUT2D eigenvalue weighted by molar-refractivity contribution is 7.89. The Balaban J connectivity index is 2.86. The number of hydrogen-bond donors (Lipinski definition) is 1. The van der Waals surface area contributed by atoms with Crippen LogP contribution >= 0.6 is 0 Å². The van der Waals surface area contributed by atoms with Crippen molar-refractivity contribution in [1.29, 1.82) is 0 Å². The highest BCUT2D eigenvalue weighted by Gasteiger charge is 2.18. The van der Waals surface area contributed by atoms with Gasteiger partial charge in [-0.1, -0.05) is 37.6 Å². The van der Waals surface area contributed by atoms with E-state index in [9.17, 15) is 8.42 Å². The minimum Gasteiger partial charge on any atom is -0.207 e. The van der Waals surface area contributed by atoms with E-state index >= 15 is 0 Å². The van der Waals surface area contributed by atoms with Crippen molar-refractivity contribution < 1.29 is 8.42 Å². The molecular formula is C14H21NO2S. The monoisotopic (exact) mass is 267 g/mol. The third-order valence-electron chi connectivity index (χ3n) is 2.65. The van der Waals surface area contributed by atoms with Crippen LogP contribution in [0.15, 0.2) is 41.8 Å². The summed E-state index contributed by atoms with van der Waals surface area (Å²) in [4.78, 5) is 0.295. The molecule has 0 saturated heterocycles. The first-order valence-electron chi connectivity index (χ1n) is 6.06. The van der Waals surface area contributed by atoms with E-state index in [1.165, 1.54) is 0 Å². The van der Waals surface area contributed by atoms with Crippen molar-refractivity contribution in [2.75, 3.05) is 0 Å². The van der Waals surface area contributed by atoms with Gasteiger partial charge in [-0.05, 0) is 31.4 Å². The third-order valence-corrected chi connectivity index (χ3v) is 4.15. The molecule has 1 rings (SSSR count). The molecule has 0 saturated carbocycles. The molecule has 0 spiro atoms. The Morgan fingerprint density at radius 1 is 1.28 bits per heavy atom. The Morgan fingerprint density at radius 2 is 1.83 bits per heavy atom. The van der Waals surface area contributed by atoms with Crippen LogP contribution in [0.5, 0.6) is 0 Å². The molecule has 0 heterocycles. The second-order valence-electron chi connectivity index (χ2n) is 4.91. The molecule has 3 nitrogen and oxygen atoms in total. The summed E-state index contributed by atoms with van der Waals surface area (Å²) >= 11 is 0. The van der Waals surface area contributed by atoms with Gasteiger partial charge < -0.3 is 0 Å². The Morgan fingerprint density at radius 3 is 2.28 bits per heavy atom. The Hall–Kier alpha value is -1.13. The summed E-state index contributed by atoms with van der Waals surface area (Å²) < 4.78 is 26.9. The molecule has 0 aromatic heterocycles. The van der Waals surface area contributed by atoms with Crippen molar-refractivity contribution in [3.05, 3.63) is 42.5 Å². The van der Waals surface area contributed by atoms with Crippen molar-refractivity contribution in [3.8, 4) is 0 Å². The van der Waals surface area contributed by atoms with E-state index in [1.54, 1.807) is 30.3 Å². The maximum atomic E-state index is 12.1. The summed E-state index contributed by atoms with van der Waals surface area (Å²) in [6.45, 7) is 9.71. The number of benzene rings is 1. The van der Waals surface area contributed by atoms with Crippen LogP contribution in [0.3, 0.4) is 0 Å². The quantitative estimate of drug-likeness (QED) is 0.806. The van der Waals surface area contributed by atoms with Crippen LogP contribution < -0.4 is 4.72 Å². The molecule has 0 amide bonds. The number of nitrogens with one attached hydrogen (secondary N) is 1. The zero-order chi connectivity index (χ0) is 13.8. The fourth-order valence-corrected chi connectivity index (χ4v) is 2.91. The molecule has 0 aliphatic carbocycles. The second kappa shape index (κ2) is 6.16. The van der Waals surface area contributed by atoms with Gasteiger partial charge in [0.05, 0.1) is 4.90 Å². The van der Waals surface area contributed by atoms with Crippen molar-refractivity contribution in [2.24, 2.45) is 5.92 Å². The van der Waals surface area contributed by atoms with Gasteiger partial charge >= 0.3 is 0 Å². The lowest BCUT2D eigenvalue weighted by atomic mass is 10.1. The van der Waals surface area contributed by atoms with E-state index in [1.807, 2.05) is 6.92 Å². The van der Waals surface area contributed by atoms with Gasteiger partial charge in [0.15, 0.2) is 0 Å². The number of hydrogen-bond acceptors (Lipinski definition) is 2. The summed E-state index contributed by atoms with van der Waals surface area (Å²) in [5.74, 6) is 0.411. The summed E-state index contributed by atoms with van der Waals surface area (Å²) in [5, 5.41) is 0. The topological polar surface area (TPSA) is 46.2 Å². The predicted octanol–water partition coefficient (Wildman–Crippen LogP) is 2.87. The highest BCUT2D eigenvalue weighted by atomic mass is 32.2. The first-order chi connectivity index (χ1) is 8.35. The van der Waals surface area contributed by atoms with Gasteiger partial charge in [0.1, 0.15) is 0 Å². The molecule has 1 atom stereocenters. The molecule has 0 radical (unpaired) electrons. The summed E-state index contributed by atoms with van der Waals surface area (Å²) in [6, 6.07) is 6.59. The van der Waals surface area contributed by atoms with E-state index in [4.69, 9.17) is 0 Å². The molecule has 0 bridgehead atoms. The van der Waals surface area contributed by atoms with Crippen molar-refractivity contribution in [1.82, 2.24) is 4.72 Å². The molecule has 4 heteroatoms. The van der Waals surface area contributed by atoms with Gasteiger partial charge in [0.25, 0.3) is 0 Å². The highest BCUT2D eigenvalue weighted by Crippen LogP contribution is 2.13. The third kappa shape index (κ3) is 4.27. The Labute approximate surface area is 110 Å². The number of rotatable bonds is 6. The first-order valence-corrected chi connectivity index (χ1v) is 7.55. The van der Waals surface area contributed by atoms with Crippen LogP contribution in [0.2, 0.25) is 0 Å². The summed E-state index contributed by atoms with van der Waals surface area (Å²) in [6.07, 6.45) is 2.39. The van der Waals surface area contributed by atoms with Crippen molar-refractivity contribution in [3.63, 3.8) is 0 Å². The molecule has 1 aromatic carbocycles. The molecule has 0 fully saturated rings. The maximum Gasteiger partial charge on any atom is 0.241 e. The van der Waals surface area contributed by atoms with Crippen LogP contribution in [0, 0.1) is 12.8 Å². The van der Waals surface area contributed by atoms with Crippen LogP contribution in [-0.2, 0) is 10.0 Å². The average molecular weight is 267 g/mol. The van der Waals surface area contributed by atoms with Gasteiger partial charge in [-0.15, -0.1) is 6.58 Å². The SMILES string of the molecule is C=C[C@@H](CC(C)C)NS(=O)(=O)c1ccc(C)cc1. The minimum atomic E-state index is -3.46. The predicted molar refractivity (Wildman–Crippen MR) is 74.9 cm³/mol. The van der Waals surface area contributed by atoms with Crippen molar-refractivity contribution >= 4 is 10.0 Å². The van der Waals surface area contributed by atoms with Crippen LogP contribution in [0.25, 0.3) is 0 Å². The van der Waals surface area contributed by atoms with E-state index in [-0.39, 0.29) is 6.04 Å². The zero-order valence-corrected chi connectivity index (χ0v) is 12.0. The average Bonchev–Trinajstić information content (AvgIpc) is 2.27. The minimum absolute atomic E-state index is 0.226. The smallest absolute Gasteiger partial charge is 0.207 e. The molecule has 0 aliphatic rings. The van der Waals surface area contributed by atoms with Crippen LogP contribution in [0.1, 0.15) is 25.8 Å². The van der Waals surface area contributed by atoms with Crippen LogP contribution in [-0.4, -0.2) is 14.5 Å². The zero-order valence-electron chi connectivity index (χ0n) is 11.2. The van der Waals surface area contributed by atoms with E-state index in [0.29, 0.717) is 10.8 Å². The lowest BCUT2D eigenvalue weighted by Gasteiger charge is -2.17. The second-order valence-corrected chi connectivity index (χ2v) is 6.62. The molecule has 18 heavy (non-hydrogen) atoms. The maximum absolute atomic E-state index is 12.1. The van der Waals surface area contributed by atoms with Gasteiger partial charge in [-0.25, -0.2) is 13.1 Å². The fourth-order valence-electron chi connectivity index (χ4n) is 1.69. The molecule has 1 aromatic rings. The van der Waals surface area contributed by atoms with Gasteiger partial charge in [0.2, 0.25) is 10.0 Å². The van der Waals surface area contributed by atoms with E-state index in [2.05, 4.69) is 25.1 Å². The van der Waals surface area contributed by atoms with Gasteiger partial charge in [0, 0.05) is 6.04 Å². The fraction of sp³-hybridized carbons (Fsp3) is 0.429. The van der Waals surface area contributed by atoms with Gasteiger partial charge in [-0.2, -0.15) is 0 Å². The molecule has 0 unspecified atom stereocenters. The number of sulfonamides is 1. The number of aryl methyl sites for hydroxylation is 1. The van der Waals surface area contributed by atoms with Crippen molar-refractivity contribution in [2.45, 2.75) is 38.1 Å². The molecule has 1 N–H and O–H groups in total.